The van der Waals surface area contributed by atoms with Gasteiger partial charge in [-0.3, -0.25) is 4.79 Å². The molecule has 19 heavy (non-hydrogen) atoms. The smallest absolute Gasteiger partial charge is 0.230 e. The number of rotatable bonds is 1. The van der Waals surface area contributed by atoms with Gasteiger partial charge in [0.25, 0.3) is 0 Å². The Bertz CT molecular complexity index is 481. The molecule has 4 heteroatoms. The molecule has 2 heterocycles. The van der Waals surface area contributed by atoms with Crippen molar-refractivity contribution in [1.82, 2.24) is 10.2 Å². The lowest BCUT2D eigenvalue weighted by Gasteiger charge is -2.30. The monoisotopic (exact) mass is 260 g/mol. The molecule has 1 aromatic carbocycles. The highest BCUT2D eigenvalue weighted by Crippen LogP contribution is 2.30. The first-order valence-electron chi connectivity index (χ1n) is 6.90. The Kier molecular flexibility index (Phi) is 3.19. The standard InChI is InChI=1S/C15H20N2O2/c1-15(6-7-16-11-15)14(18)17-8-9-19-13-5-3-2-4-12(13)10-17/h2-5,16H,6-11H2,1H3. The fourth-order valence-electron chi connectivity index (χ4n) is 2.88. The third-order valence-corrected chi connectivity index (χ3v) is 4.12. The van der Waals surface area contributed by atoms with Crippen molar-refractivity contribution < 1.29 is 9.53 Å². The summed E-state index contributed by atoms with van der Waals surface area (Å²) >= 11 is 0. The third-order valence-electron chi connectivity index (χ3n) is 4.12. The lowest BCUT2D eigenvalue weighted by Crippen LogP contribution is -2.44. The number of nitrogens with zero attached hydrogens (tertiary/aromatic N) is 1. The summed E-state index contributed by atoms with van der Waals surface area (Å²) in [5, 5.41) is 3.29. The summed E-state index contributed by atoms with van der Waals surface area (Å²) in [5.41, 5.74) is 0.849. The average Bonchev–Trinajstić information content (AvgIpc) is 2.76. The van der Waals surface area contributed by atoms with Crippen LogP contribution in [0.3, 0.4) is 0 Å². The minimum atomic E-state index is -0.251. The SMILES string of the molecule is CC1(C(=O)N2CCOc3ccccc3C2)CCNC1. The Morgan fingerprint density at radius 3 is 3.05 bits per heavy atom. The second-order valence-electron chi connectivity index (χ2n) is 5.67. The molecule has 102 valence electrons. The van der Waals surface area contributed by atoms with Gasteiger partial charge in [0, 0.05) is 18.7 Å². The first-order valence-corrected chi connectivity index (χ1v) is 6.90. The molecule has 0 saturated carbocycles. The molecule has 1 N–H and O–H groups in total. The Labute approximate surface area is 113 Å². The van der Waals surface area contributed by atoms with E-state index in [1.54, 1.807) is 0 Å². The molecule has 3 rings (SSSR count). The number of amides is 1. The van der Waals surface area contributed by atoms with Crippen molar-refractivity contribution in [3.8, 4) is 5.75 Å². The number of carbonyl (C=O) groups excluding carboxylic acids is 1. The molecule has 1 unspecified atom stereocenters. The van der Waals surface area contributed by atoms with E-state index in [9.17, 15) is 4.79 Å². The van der Waals surface area contributed by atoms with Crippen LogP contribution in [0.2, 0.25) is 0 Å². The Hall–Kier alpha value is -1.55. The highest BCUT2D eigenvalue weighted by molar-refractivity contribution is 5.83. The van der Waals surface area contributed by atoms with E-state index in [0.717, 1.165) is 30.8 Å². The van der Waals surface area contributed by atoms with E-state index in [1.807, 2.05) is 29.2 Å². The first kappa shape index (κ1) is 12.5. The Balaban J connectivity index is 1.81. The second kappa shape index (κ2) is 4.85. The van der Waals surface area contributed by atoms with Crippen LogP contribution in [0.25, 0.3) is 0 Å². The number of benzene rings is 1. The van der Waals surface area contributed by atoms with Gasteiger partial charge in [-0.1, -0.05) is 18.2 Å². The zero-order chi connectivity index (χ0) is 13.3. The molecular formula is C15H20N2O2. The van der Waals surface area contributed by atoms with E-state index in [2.05, 4.69) is 12.2 Å². The van der Waals surface area contributed by atoms with E-state index in [-0.39, 0.29) is 11.3 Å². The van der Waals surface area contributed by atoms with Crippen molar-refractivity contribution in [2.45, 2.75) is 19.9 Å². The number of hydrogen-bond acceptors (Lipinski definition) is 3. The van der Waals surface area contributed by atoms with Crippen LogP contribution in [-0.2, 0) is 11.3 Å². The highest BCUT2D eigenvalue weighted by Gasteiger charge is 2.39. The van der Waals surface area contributed by atoms with Crippen LogP contribution in [0.15, 0.2) is 24.3 Å². The second-order valence-corrected chi connectivity index (χ2v) is 5.67. The number of carbonyl (C=O) groups is 1. The lowest BCUT2D eigenvalue weighted by atomic mass is 9.88. The van der Waals surface area contributed by atoms with Gasteiger partial charge in [0.2, 0.25) is 5.91 Å². The van der Waals surface area contributed by atoms with Gasteiger partial charge in [0.05, 0.1) is 12.0 Å². The summed E-state index contributed by atoms with van der Waals surface area (Å²) in [6.45, 7) is 5.68. The van der Waals surface area contributed by atoms with Crippen LogP contribution in [0.4, 0.5) is 0 Å². The van der Waals surface area contributed by atoms with Crippen LogP contribution < -0.4 is 10.1 Å². The minimum Gasteiger partial charge on any atom is -0.491 e. The molecule has 0 aliphatic carbocycles. The maximum Gasteiger partial charge on any atom is 0.230 e. The van der Waals surface area contributed by atoms with E-state index in [0.29, 0.717) is 19.7 Å². The van der Waals surface area contributed by atoms with Gasteiger partial charge in [-0.15, -0.1) is 0 Å². The molecule has 0 aromatic heterocycles. The molecule has 1 amide bonds. The molecule has 0 spiro atoms. The molecule has 0 bridgehead atoms. The molecule has 4 nitrogen and oxygen atoms in total. The van der Waals surface area contributed by atoms with Crippen LogP contribution in [0, 0.1) is 5.41 Å². The quantitative estimate of drug-likeness (QED) is 0.830. The summed E-state index contributed by atoms with van der Waals surface area (Å²) in [6, 6.07) is 7.98. The van der Waals surface area contributed by atoms with Gasteiger partial charge in [-0.25, -0.2) is 0 Å². The van der Waals surface area contributed by atoms with E-state index in [4.69, 9.17) is 4.74 Å². The molecule has 2 aliphatic heterocycles. The van der Waals surface area contributed by atoms with Crippen molar-refractivity contribution in [1.29, 1.82) is 0 Å². The predicted octanol–water partition coefficient (Wildman–Crippen LogP) is 1.41. The molecule has 1 fully saturated rings. The predicted molar refractivity (Wildman–Crippen MR) is 72.9 cm³/mol. The number of ether oxygens (including phenoxy) is 1. The maximum atomic E-state index is 12.7. The van der Waals surface area contributed by atoms with Gasteiger partial charge in [-0.2, -0.15) is 0 Å². The lowest BCUT2D eigenvalue weighted by molar-refractivity contribution is -0.141. The summed E-state index contributed by atoms with van der Waals surface area (Å²) in [4.78, 5) is 14.7. The molecule has 1 saturated heterocycles. The van der Waals surface area contributed by atoms with E-state index in [1.165, 1.54) is 0 Å². The first-order chi connectivity index (χ1) is 9.19. The van der Waals surface area contributed by atoms with Crippen LogP contribution in [-0.4, -0.2) is 37.0 Å². The summed E-state index contributed by atoms with van der Waals surface area (Å²) in [7, 11) is 0. The van der Waals surface area contributed by atoms with Crippen molar-refractivity contribution in [3.05, 3.63) is 29.8 Å². The van der Waals surface area contributed by atoms with Crippen LogP contribution in [0.5, 0.6) is 5.75 Å². The number of hydrogen-bond donors (Lipinski definition) is 1. The largest absolute Gasteiger partial charge is 0.491 e. The van der Waals surface area contributed by atoms with Gasteiger partial charge in [-0.05, 0) is 26.0 Å². The van der Waals surface area contributed by atoms with Gasteiger partial charge < -0.3 is 15.0 Å². The molecule has 0 radical (unpaired) electrons. The third kappa shape index (κ3) is 2.32. The van der Waals surface area contributed by atoms with Crippen molar-refractivity contribution in [2.75, 3.05) is 26.2 Å². The van der Waals surface area contributed by atoms with Crippen molar-refractivity contribution in [2.24, 2.45) is 5.41 Å². The summed E-state index contributed by atoms with van der Waals surface area (Å²) in [6.07, 6.45) is 0.921. The highest BCUT2D eigenvalue weighted by atomic mass is 16.5. The van der Waals surface area contributed by atoms with Crippen molar-refractivity contribution >= 4 is 5.91 Å². The normalized spacial score (nSPS) is 26.5. The van der Waals surface area contributed by atoms with E-state index < -0.39 is 0 Å². The minimum absolute atomic E-state index is 0.248. The van der Waals surface area contributed by atoms with Crippen molar-refractivity contribution in [3.63, 3.8) is 0 Å². The zero-order valence-corrected chi connectivity index (χ0v) is 11.3. The van der Waals surface area contributed by atoms with Gasteiger partial charge in [0.15, 0.2) is 0 Å². The zero-order valence-electron chi connectivity index (χ0n) is 11.3. The van der Waals surface area contributed by atoms with Crippen LogP contribution >= 0.6 is 0 Å². The fourth-order valence-corrected chi connectivity index (χ4v) is 2.88. The molecular weight excluding hydrogens is 240 g/mol. The molecule has 2 aliphatic rings. The molecule has 1 atom stereocenters. The van der Waals surface area contributed by atoms with Gasteiger partial charge in [0.1, 0.15) is 12.4 Å². The Morgan fingerprint density at radius 2 is 2.26 bits per heavy atom. The van der Waals surface area contributed by atoms with Gasteiger partial charge >= 0.3 is 0 Å². The average molecular weight is 260 g/mol. The summed E-state index contributed by atoms with van der Waals surface area (Å²) < 4.78 is 5.71. The fraction of sp³-hybridized carbons (Fsp3) is 0.533. The van der Waals surface area contributed by atoms with Crippen LogP contribution in [0.1, 0.15) is 18.9 Å². The topological polar surface area (TPSA) is 41.6 Å². The summed E-state index contributed by atoms with van der Waals surface area (Å²) in [5.74, 6) is 1.16. The number of nitrogens with one attached hydrogen (secondary N) is 1. The number of para-hydroxylation sites is 1. The molecule has 1 aromatic rings. The maximum absolute atomic E-state index is 12.7. The number of fused-ring (bicyclic) bond motifs is 1. The Morgan fingerprint density at radius 1 is 1.42 bits per heavy atom. The van der Waals surface area contributed by atoms with E-state index >= 15 is 0 Å².